The van der Waals surface area contributed by atoms with Crippen LogP contribution in [-0.2, 0) is 5.41 Å². The Morgan fingerprint density at radius 1 is 1.31 bits per heavy atom. The summed E-state index contributed by atoms with van der Waals surface area (Å²) in [7, 11) is 0. The molecular formula is C21H27N3O2. The summed E-state index contributed by atoms with van der Waals surface area (Å²) in [5.41, 5.74) is 2.00. The summed E-state index contributed by atoms with van der Waals surface area (Å²) < 4.78 is 0. The van der Waals surface area contributed by atoms with E-state index < -0.39 is 0 Å². The average molecular weight is 353 g/mol. The molecule has 1 aromatic heterocycles. The maximum atomic E-state index is 12.9. The fourth-order valence-corrected chi connectivity index (χ4v) is 3.46. The Hall–Kier alpha value is -2.43. The minimum absolute atomic E-state index is 0.128. The number of carbonyl (C=O) groups is 1. The smallest absolute Gasteiger partial charge is 0.263 e. The summed E-state index contributed by atoms with van der Waals surface area (Å²) >= 11 is 0. The molecule has 0 aliphatic carbocycles. The van der Waals surface area contributed by atoms with E-state index >= 15 is 0 Å². The maximum absolute atomic E-state index is 12.9. The molecule has 0 bridgehead atoms. The lowest BCUT2D eigenvalue weighted by Gasteiger charge is -2.33. The van der Waals surface area contributed by atoms with Crippen LogP contribution < -0.4 is 5.56 Å². The predicted octanol–water partition coefficient (Wildman–Crippen LogP) is 3.40. The molecule has 1 aliphatic rings. The van der Waals surface area contributed by atoms with Crippen molar-refractivity contribution in [3.63, 3.8) is 0 Å². The molecule has 3 rings (SSSR count). The molecule has 0 spiro atoms. The van der Waals surface area contributed by atoms with Gasteiger partial charge in [0.25, 0.3) is 11.5 Å². The number of hydrogen-bond donors (Lipinski definition) is 1. The Labute approximate surface area is 154 Å². The second-order valence-corrected chi connectivity index (χ2v) is 8.23. The number of hydrogen-bond acceptors (Lipinski definition) is 3. The highest BCUT2D eigenvalue weighted by Crippen LogP contribution is 2.28. The number of nitrogens with zero attached hydrogens (tertiary/aromatic N) is 2. The SMILES string of the molecule is Cc1cccc([C@@H]2CCCN(C(=O)c3cnc(C(C)(C)C)[nH]c3=O)C2)c1. The Bertz CT molecular complexity index is 864. The van der Waals surface area contributed by atoms with E-state index in [1.165, 1.54) is 17.3 Å². The van der Waals surface area contributed by atoms with Crippen molar-refractivity contribution in [2.45, 2.75) is 51.9 Å². The molecule has 1 saturated heterocycles. The van der Waals surface area contributed by atoms with Gasteiger partial charge in [-0.15, -0.1) is 0 Å². The number of aromatic amines is 1. The highest BCUT2D eigenvalue weighted by Gasteiger charge is 2.28. The summed E-state index contributed by atoms with van der Waals surface area (Å²) in [5.74, 6) is 0.681. The van der Waals surface area contributed by atoms with E-state index in [0.29, 0.717) is 24.8 Å². The van der Waals surface area contributed by atoms with Crippen LogP contribution in [-0.4, -0.2) is 33.9 Å². The first-order chi connectivity index (χ1) is 12.3. The number of benzene rings is 1. The molecule has 1 atom stereocenters. The lowest BCUT2D eigenvalue weighted by atomic mass is 9.89. The van der Waals surface area contributed by atoms with Crippen molar-refractivity contribution in [3.8, 4) is 0 Å². The molecule has 0 radical (unpaired) electrons. The van der Waals surface area contributed by atoms with Gasteiger partial charge in [-0.2, -0.15) is 0 Å². The highest BCUT2D eigenvalue weighted by molar-refractivity contribution is 5.93. The van der Waals surface area contributed by atoms with Gasteiger partial charge in [-0.05, 0) is 25.3 Å². The normalized spacial score (nSPS) is 18.0. The number of rotatable bonds is 2. The molecule has 1 fully saturated rings. The zero-order valence-electron chi connectivity index (χ0n) is 16.0. The van der Waals surface area contributed by atoms with Gasteiger partial charge >= 0.3 is 0 Å². The Morgan fingerprint density at radius 3 is 2.73 bits per heavy atom. The van der Waals surface area contributed by atoms with Crippen LogP contribution in [0.5, 0.6) is 0 Å². The van der Waals surface area contributed by atoms with E-state index in [4.69, 9.17) is 0 Å². The molecule has 2 heterocycles. The van der Waals surface area contributed by atoms with Gasteiger partial charge < -0.3 is 9.88 Å². The van der Waals surface area contributed by atoms with E-state index in [0.717, 1.165) is 12.8 Å². The van der Waals surface area contributed by atoms with Gasteiger partial charge in [0.15, 0.2) is 0 Å². The quantitative estimate of drug-likeness (QED) is 0.900. The molecule has 1 amide bonds. The van der Waals surface area contributed by atoms with Gasteiger partial charge in [-0.3, -0.25) is 9.59 Å². The van der Waals surface area contributed by atoms with Gasteiger partial charge in [0.1, 0.15) is 11.4 Å². The van der Waals surface area contributed by atoms with Crippen molar-refractivity contribution in [3.05, 3.63) is 63.3 Å². The third kappa shape index (κ3) is 3.87. The van der Waals surface area contributed by atoms with E-state index in [9.17, 15) is 9.59 Å². The van der Waals surface area contributed by atoms with Crippen molar-refractivity contribution in [1.29, 1.82) is 0 Å². The molecule has 5 heteroatoms. The molecule has 0 unspecified atom stereocenters. The molecule has 138 valence electrons. The third-order valence-electron chi connectivity index (χ3n) is 4.96. The minimum atomic E-state index is -0.354. The van der Waals surface area contributed by atoms with Gasteiger partial charge in [0.2, 0.25) is 0 Å². The predicted molar refractivity (Wildman–Crippen MR) is 103 cm³/mol. The van der Waals surface area contributed by atoms with E-state index in [-0.39, 0.29) is 22.4 Å². The monoisotopic (exact) mass is 353 g/mol. The van der Waals surface area contributed by atoms with Crippen molar-refractivity contribution >= 4 is 5.91 Å². The van der Waals surface area contributed by atoms with Crippen LogP contribution in [0, 0.1) is 6.92 Å². The number of aromatic nitrogens is 2. The summed E-state index contributed by atoms with van der Waals surface area (Å²) in [4.78, 5) is 34.2. The molecule has 5 nitrogen and oxygen atoms in total. The van der Waals surface area contributed by atoms with Crippen LogP contribution in [0.25, 0.3) is 0 Å². The second kappa shape index (κ2) is 7.06. The number of carbonyl (C=O) groups excluding carboxylic acids is 1. The Morgan fingerprint density at radius 2 is 2.08 bits per heavy atom. The van der Waals surface area contributed by atoms with Gasteiger partial charge in [-0.1, -0.05) is 50.6 Å². The van der Waals surface area contributed by atoms with Crippen molar-refractivity contribution < 1.29 is 4.79 Å². The fourth-order valence-electron chi connectivity index (χ4n) is 3.46. The number of nitrogens with one attached hydrogen (secondary N) is 1. The molecule has 1 aliphatic heterocycles. The van der Waals surface area contributed by atoms with Gasteiger partial charge in [0.05, 0.1) is 0 Å². The van der Waals surface area contributed by atoms with E-state index in [2.05, 4.69) is 41.2 Å². The van der Waals surface area contributed by atoms with Crippen LogP contribution >= 0.6 is 0 Å². The summed E-state index contributed by atoms with van der Waals surface area (Å²) in [5, 5.41) is 0. The second-order valence-electron chi connectivity index (χ2n) is 8.23. The minimum Gasteiger partial charge on any atom is -0.338 e. The van der Waals surface area contributed by atoms with E-state index in [1.54, 1.807) is 4.90 Å². The van der Waals surface area contributed by atoms with Crippen molar-refractivity contribution in [2.24, 2.45) is 0 Å². The zero-order chi connectivity index (χ0) is 18.9. The molecular weight excluding hydrogens is 326 g/mol. The summed E-state index contributed by atoms with van der Waals surface area (Å²) in [6, 6.07) is 8.45. The number of likely N-dealkylation sites (tertiary alicyclic amines) is 1. The number of H-pyrrole nitrogens is 1. The number of amides is 1. The number of aryl methyl sites for hydroxylation is 1. The molecule has 0 saturated carbocycles. The van der Waals surface area contributed by atoms with Crippen LogP contribution in [0.15, 0.2) is 35.3 Å². The Balaban J connectivity index is 1.80. The average Bonchev–Trinajstić information content (AvgIpc) is 2.60. The zero-order valence-corrected chi connectivity index (χ0v) is 16.0. The summed E-state index contributed by atoms with van der Waals surface area (Å²) in [6.07, 6.45) is 3.43. The first kappa shape index (κ1) is 18.4. The lowest BCUT2D eigenvalue weighted by Crippen LogP contribution is -2.41. The van der Waals surface area contributed by atoms with Crippen molar-refractivity contribution in [1.82, 2.24) is 14.9 Å². The number of piperidine rings is 1. The molecule has 26 heavy (non-hydrogen) atoms. The summed E-state index contributed by atoms with van der Waals surface area (Å²) in [6.45, 7) is 9.33. The van der Waals surface area contributed by atoms with Crippen LogP contribution in [0.3, 0.4) is 0 Å². The largest absolute Gasteiger partial charge is 0.338 e. The van der Waals surface area contributed by atoms with E-state index in [1.807, 2.05) is 20.8 Å². The molecule has 1 N–H and O–H groups in total. The standard InChI is InChI=1S/C21H27N3O2/c1-14-7-5-8-15(11-14)16-9-6-10-24(13-16)19(26)17-12-22-20(21(2,3)4)23-18(17)25/h5,7-8,11-12,16H,6,9-10,13H2,1-4H3,(H,22,23,25)/t16-/m1/s1. The Kier molecular flexibility index (Phi) is 4.99. The maximum Gasteiger partial charge on any atom is 0.263 e. The first-order valence-electron chi connectivity index (χ1n) is 9.21. The lowest BCUT2D eigenvalue weighted by molar-refractivity contribution is 0.0704. The highest BCUT2D eigenvalue weighted by atomic mass is 16.2. The molecule has 2 aromatic rings. The fraction of sp³-hybridized carbons (Fsp3) is 0.476. The topological polar surface area (TPSA) is 66.1 Å². The molecule has 1 aromatic carbocycles. The van der Waals surface area contributed by atoms with Crippen molar-refractivity contribution in [2.75, 3.05) is 13.1 Å². The van der Waals surface area contributed by atoms with Crippen LogP contribution in [0.4, 0.5) is 0 Å². The van der Waals surface area contributed by atoms with Crippen LogP contribution in [0.1, 0.15) is 66.8 Å². The van der Waals surface area contributed by atoms with Gasteiger partial charge in [-0.25, -0.2) is 4.98 Å². The third-order valence-corrected chi connectivity index (χ3v) is 4.96. The van der Waals surface area contributed by atoms with Crippen LogP contribution in [0.2, 0.25) is 0 Å². The first-order valence-corrected chi connectivity index (χ1v) is 9.21. The van der Waals surface area contributed by atoms with Gasteiger partial charge in [0, 0.05) is 30.6 Å².